The van der Waals surface area contributed by atoms with Crippen molar-refractivity contribution in [3.05, 3.63) is 85.1 Å². The zero-order valence-corrected chi connectivity index (χ0v) is 20.9. The molecule has 0 atom stereocenters. The highest BCUT2D eigenvalue weighted by Gasteiger charge is 2.15. The average Bonchev–Trinajstić information content (AvgIpc) is 3.52. The van der Waals surface area contributed by atoms with Gasteiger partial charge in [0.25, 0.3) is 0 Å². The Kier molecular flexibility index (Phi) is 5.92. The molecule has 6 rings (SSSR count). The van der Waals surface area contributed by atoms with Crippen LogP contribution in [0.5, 0.6) is 0 Å². The van der Waals surface area contributed by atoms with E-state index in [2.05, 4.69) is 36.5 Å². The van der Waals surface area contributed by atoms with Gasteiger partial charge in [-0.3, -0.25) is 19.9 Å². The lowest BCUT2D eigenvalue weighted by Crippen LogP contribution is -2.13. The number of hydrogen-bond acceptors (Lipinski definition) is 4. The minimum atomic E-state index is -0.305. The summed E-state index contributed by atoms with van der Waals surface area (Å²) in [6, 6.07) is 18.3. The van der Waals surface area contributed by atoms with Gasteiger partial charge in [-0.2, -0.15) is 5.10 Å². The number of aromatic amines is 2. The summed E-state index contributed by atoms with van der Waals surface area (Å²) in [4.78, 5) is 24.5. The first-order valence-corrected chi connectivity index (χ1v) is 12.4. The van der Waals surface area contributed by atoms with Crippen molar-refractivity contribution in [3.63, 3.8) is 0 Å². The number of rotatable bonds is 6. The molecular formula is C30H25FN6O. The van der Waals surface area contributed by atoms with Gasteiger partial charge in [0.1, 0.15) is 11.5 Å². The van der Waals surface area contributed by atoms with Crippen molar-refractivity contribution in [1.82, 2.24) is 25.1 Å². The topological polar surface area (TPSA) is 99.3 Å². The fourth-order valence-electron chi connectivity index (χ4n) is 4.70. The number of halogens is 1. The Labute approximate surface area is 218 Å². The van der Waals surface area contributed by atoms with Crippen LogP contribution in [0.1, 0.15) is 20.3 Å². The first-order valence-electron chi connectivity index (χ1n) is 12.4. The Hall–Kier alpha value is -4.85. The molecule has 4 heterocycles. The average molecular weight is 505 g/mol. The van der Waals surface area contributed by atoms with Crippen LogP contribution in [0, 0.1) is 11.7 Å². The van der Waals surface area contributed by atoms with Gasteiger partial charge in [-0.1, -0.05) is 32.0 Å². The van der Waals surface area contributed by atoms with Gasteiger partial charge >= 0.3 is 0 Å². The van der Waals surface area contributed by atoms with Crippen molar-refractivity contribution in [1.29, 1.82) is 0 Å². The quantitative estimate of drug-likeness (QED) is 0.228. The molecule has 0 bridgehead atoms. The smallest absolute Gasteiger partial charge is 0.224 e. The number of carbonyl (C=O) groups is 1. The highest BCUT2D eigenvalue weighted by atomic mass is 19.1. The van der Waals surface area contributed by atoms with E-state index in [1.54, 1.807) is 24.7 Å². The van der Waals surface area contributed by atoms with Crippen LogP contribution in [-0.2, 0) is 4.79 Å². The highest BCUT2D eigenvalue weighted by Crippen LogP contribution is 2.34. The molecule has 6 aromatic rings. The predicted molar refractivity (Wildman–Crippen MR) is 148 cm³/mol. The number of nitrogens with zero attached hydrogens (tertiary/aromatic N) is 3. The van der Waals surface area contributed by atoms with Crippen molar-refractivity contribution in [3.8, 4) is 33.8 Å². The predicted octanol–water partition coefficient (Wildman–Crippen LogP) is 6.96. The first-order chi connectivity index (χ1) is 18.4. The Bertz CT molecular complexity index is 1800. The van der Waals surface area contributed by atoms with E-state index in [1.807, 2.05) is 50.2 Å². The van der Waals surface area contributed by atoms with E-state index >= 15 is 0 Å². The number of H-pyrrole nitrogens is 2. The number of amides is 1. The van der Waals surface area contributed by atoms with Crippen LogP contribution in [0.15, 0.2) is 79.3 Å². The summed E-state index contributed by atoms with van der Waals surface area (Å²) < 4.78 is 13.9. The number of pyridine rings is 2. The Morgan fingerprint density at radius 2 is 1.79 bits per heavy atom. The molecule has 0 saturated heterocycles. The maximum absolute atomic E-state index is 13.9. The molecule has 2 aromatic carbocycles. The summed E-state index contributed by atoms with van der Waals surface area (Å²) in [5.74, 6) is -0.0585. The lowest BCUT2D eigenvalue weighted by atomic mass is 10.0. The number of fused-ring (bicyclic) bond motifs is 2. The summed E-state index contributed by atoms with van der Waals surface area (Å²) in [5.41, 5.74) is 7.26. The molecule has 4 aromatic heterocycles. The third-order valence-corrected chi connectivity index (χ3v) is 6.41. The minimum absolute atomic E-state index is 0.0302. The molecule has 0 aliphatic carbocycles. The second-order valence-corrected chi connectivity index (χ2v) is 9.76. The van der Waals surface area contributed by atoms with Gasteiger partial charge in [-0.25, -0.2) is 4.39 Å². The van der Waals surface area contributed by atoms with Gasteiger partial charge in [-0.15, -0.1) is 0 Å². The van der Waals surface area contributed by atoms with Crippen LogP contribution in [0.2, 0.25) is 0 Å². The maximum Gasteiger partial charge on any atom is 0.224 e. The number of anilines is 1. The number of benzene rings is 2. The van der Waals surface area contributed by atoms with Crippen molar-refractivity contribution in [2.24, 2.45) is 5.92 Å². The Morgan fingerprint density at radius 3 is 2.63 bits per heavy atom. The summed E-state index contributed by atoms with van der Waals surface area (Å²) in [6.45, 7) is 4.02. The largest absolute Gasteiger partial charge is 0.353 e. The third-order valence-electron chi connectivity index (χ3n) is 6.41. The molecule has 0 aliphatic heterocycles. The molecule has 0 spiro atoms. The molecule has 0 unspecified atom stereocenters. The fraction of sp³-hybridized carbons (Fsp3) is 0.133. The molecule has 0 saturated carbocycles. The van der Waals surface area contributed by atoms with E-state index in [1.165, 1.54) is 12.1 Å². The van der Waals surface area contributed by atoms with E-state index in [0.29, 0.717) is 23.4 Å². The third kappa shape index (κ3) is 4.52. The Morgan fingerprint density at radius 1 is 0.921 bits per heavy atom. The lowest BCUT2D eigenvalue weighted by molar-refractivity contribution is -0.116. The van der Waals surface area contributed by atoms with Crippen molar-refractivity contribution < 1.29 is 9.18 Å². The highest BCUT2D eigenvalue weighted by molar-refractivity contribution is 6.01. The monoisotopic (exact) mass is 504 g/mol. The van der Waals surface area contributed by atoms with Crippen molar-refractivity contribution >= 4 is 33.4 Å². The summed E-state index contributed by atoms with van der Waals surface area (Å²) >= 11 is 0. The maximum atomic E-state index is 13.9. The van der Waals surface area contributed by atoms with Crippen LogP contribution in [0.3, 0.4) is 0 Å². The second-order valence-electron chi connectivity index (χ2n) is 9.76. The van der Waals surface area contributed by atoms with Gasteiger partial charge in [0.15, 0.2) is 0 Å². The van der Waals surface area contributed by atoms with Crippen LogP contribution in [-0.4, -0.2) is 31.1 Å². The van der Waals surface area contributed by atoms with Crippen molar-refractivity contribution in [2.45, 2.75) is 20.3 Å². The van der Waals surface area contributed by atoms with Crippen molar-refractivity contribution in [2.75, 3.05) is 5.32 Å². The fourth-order valence-corrected chi connectivity index (χ4v) is 4.70. The Balaban J connectivity index is 1.38. The molecular weight excluding hydrogens is 479 g/mol. The standard InChI is InChI=1S/C30H25FN6O/c1-17(2)10-28(38)34-22-12-20(15-32-16-22)18-6-7-26-23(13-18)30(37-36-26)27-14-24-25(35-27)8-9-33-29(24)19-4-3-5-21(31)11-19/h3-9,11-17,35H,10H2,1-2H3,(H,34,38)(H,36,37). The van der Waals surface area contributed by atoms with Gasteiger partial charge in [0.05, 0.1) is 28.8 Å². The van der Waals surface area contributed by atoms with Gasteiger partial charge < -0.3 is 10.3 Å². The lowest BCUT2D eigenvalue weighted by Gasteiger charge is -2.09. The van der Waals surface area contributed by atoms with Gasteiger partial charge in [0.2, 0.25) is 5.91 Å². The molecule has 188 valence electrons. The zero-order chi connectivity index (χ0) is 26.2. The van der Waals surface area contributed by atoms with Gasteiger partial charge in [-0.05, 0) is 53.9 Å². The molecule has 8 heteroatoms. The SMILES string of the molecule is CC(C)CC(=O)Nc1cncc(-c2ccc3[nH]nc(-c4cc5c(-c6cccc(F)c6)nccc5[nH]4)c3c2)c1. The molecule has 1 amide bonds. The van der Waals surface area contributed by atoms with E-state index in [-0.39, 0.29) is 17.6 Å². The molecule has 0 aliphatic rings. The summed E-state index contributed by atoms with van der Waals surface area (Å²) in [6.07, 6.45) is 5.59. The summed E-state index contributed by atoms with van der Waals surface area (Å²) in [5, 5.41) is 12.5. The number of nitrogens with one attached hydrogen (secondary N) is 3. The van der Waals surface area contributed by atoms with Gasteiger partial charge in [0, 0.05) is 46.2 Å². The van der Waals surface area contributed by atoms with E-state index in [9.17, 15) is 9.18 Å². The molecule has 38 heavy (non-hydrogen) atoms. The summed E-state index contributed by atoms with van der Waals surface area (Å²) in [7, 11) is 0. The molecule has 3 N–H and O–H groups in total. The number of carbonyl (C=O) groups excluding carboxylic acids is 1. The van der Waals surface area contributed by atoms with Crippen LogP contribution < -0.4 is 5.32 Å². The minimum Gasteiger partial charge on any atom is -0.353 e. The number of aromatic nitrogens is 5. The van der Waals surface area contributed by atoms with Crippen LogP contribution in [0.25, 0.3) is 55.6 Å². The second kappa shape index (κ2) is 9.55. The molecule has 7 nitrogen and oxygen atoms in total. The van der Waals surface area contributed by atoms with E-state index < -0.39 is 0 Å². The van der Waals surface area contributed by atoms with Crippen LogP contribution in [0.4, 0.5) is 10.1 Å². The first kappa shape index (κ1) is 23.5. The van der Waals surface area contributed by atoms with Crippen LogP contribution >= 0.6 is 0 Å². The molecule has 0 fully saturated rings. The molecule has 0 radical (unpaired) electrons. The number of hydrogen-bond donors (Lipinski definition) is 3. The zero-order valence-electron chi connectivity index (χ0n) is 20.9. The van der Waals surface area contributed by atoms with E-state index in [0.717, 1.165) is 44.3 Å². The van der Waals surface area contributed by atoms with E-state index in [4.69, 9.17) is 0 Å². The normalized spacial score (nSPS) is 11.5.